The molecule has 1 aliphatic heterocycles. The highest BCUT2D eigenvalue weighted by Gasteiger charge is 2.34. The summed E-state index contributed by atoms with van der Waals surface area (Å²) >= 11 is 0. The second-order valence-electron chi connectivity index (χ2n) is 8.25. The van der Waals surface area contributed by atoms with Crippen molar-refractivity contribution in [1.29, 1.82) is 0 Å². The van der Waals surface area contributed by atoms with Crippen LogP contribution in [0.25, 0.3) is 0 Å². The summed E-state index contributed by atoms with van der Waals surface area (Å²) in [7, 11) is -3.97. The molecule has 0 spiro atoms. The minimum atomic E-state index is -4.90. The molecule has 1 saturated carbocycles. The molecule has 10 heteroatoms. The minimum absolute atomic E-state index is 0.0248. The first-order chi connectivity index (χ1) is 14.6. The second kappa shape index (κ2) is 10.2. The topological polar surface area (TPSA) is 75.7 Å². The van der Waals surface area contributed by atoms with E-state index in [0.29, 0.717) is 12.8 Å². The Hall–Kier alpha value is -1.81. The standard InChI is InChI=1S/C21H29F3N2O4S/c22-21(23,24)30-18-9-6-10-19(15-18)31(28,29)26-13-11-16(12-14-26)20(27)25-17-7-4-2-1-3-5-8-17/h6,9-10,15-17H,1-5,7-8,11-14H2,(H,25,27). The Morgan fingerprint density at radius 2 is 1.61 bits per heavy atom. The number of carbonyl (C=O) groups is 1. The molecule has 1 aromatic rings. The van der Waals surface area contributed by atoms with E-state index in [1.165, 1.54) is 35.7 Å². The first-order valence-corrected chi connectivity index (χ1v) is 12.3. The molecule has 2 aliphatic rings. The van der Waals surface area contributed by atoms with Crippen LogP contribution in [-0.4, -0.2) is 44.1 Å². The van der Waals surface area contributed by atoms with E-state index in [0.717, 1.165) is 37.8 Å². The smallest absolute Gasteiger partial charge is 0.406 e. The highest BCUT2D eigenvalue weighted by Crippen LogP contribution is 2.29. The molecule has 3 rings (SSSR count). The summed E-state index contributed by atoms with van der Waals surface area (Å²) in [6.07, 6.45) is 3.69. The van der Waals surface area contributed by atoms with Crippen molar-refractivity contribution in [3.05, 3.63) is 24.3 Å². The number of hydrogen-bond donors (Lipinski definition) is 1. The quantitative estimate of drug-likeness (QED) is 0.711. The number of nitrogens with zero attached hydrogens (tertiary/aromatic N) is 1. The van der Waals surface area contributed by atoms with E-state index < -0.39 is 22.1 Å². The lowest BCUT2D eigenvalue weighted by atomic mass is 9.94. The predicted octanol–water partition coefficient (Wildman–Crippen LogP) is 4.22. The van der Waals surface area contributed by atoms with Crippen molar-refractivity contribution >= 4 is 15.9 Å². The largest absolute Gasteiger partial charge is 0.573 e. The van der Waals surface area contributed by atoms with Gasteiger partial charge in [0.15, 0.2) is 0 Å². The van der Waals surface area contributed by atoms with Crippen molar-refractivity contribution in [2.45, 2.75) is 75.1 Å². The molecule has 6 nitrogen and oxygen atoms in total. The number of ether oxygens (including phenoxy) is 1. The lowest BCUT2D eigenvalue weighted by Crippen LogP contribution is -2.45. The molecule has 1 aromatic carbocycles. The molecule has 1 aliphatic carbocycles. The molecule has 1 heterocycles. The molecule has 0 radical (unpaired) electrons. The van der Waals surface area contributed by atoms with E-state index in [1.807, 2.05) is 0 Å². The van der Waals surface area contributed by atoms with Gasteiger partial charge in [0.1, 0.15) is 5.75 Å². The normalized spacial score (nSPS) is 20.6. The van der Waals surface area contributed by atoms with Gasteiger partial charge < -0.3 is 10.1 Å². The molecular weight excluding hydrogens is 433 g/mol. The molecule has 0 atom stereocenters. The average molecular weight is 463 g/mol. The maximum Gasteiger partial charge on any atom is 0.573 e. The van der Waals surface area contributed by atoms with Crippen molar-refractivity contribution in [1.82, 2.24) is 9.62 Å². The van der Waals surface area contributed by atoms with Crippen LogP contribution in [0.1, 0.15) is 57.8 Å². The van der Waals surface area contributed by atoms with Crippen LogP contribution in [0.3, 0.4) is 0 Å². The number of benzene rings is 1. The van der Waals surface area contributed by atoms with Gasteiger partial charge in [-0.05, 0) is 37.8 Å². The summed E-state index contributed by atoms with van der Waals surface area (Å²) in [4.78, 5) is 12.4. The zero-order valence-corrected chi connectivity index (χ0v) is 18.2. The zero-order chi connectivity index (χ0) is 22.5. The van der Waals surface area contributed by atoms with Crippen LogP contribution in [0.15, 0.2) is 29.2 Å². The molecule has 0 aromatic heterocycles. The van der Waals surface area contributed by atoms with Crippen LogP contribution >= 0.6 is 0 Å². The summed E-state index contributed by atoms with van der Waals surface area (Å²) < 4.78 is 68.1. The van der Waals surface area contributed by atoms with Crippen LogP contribution < -0.4 is 10.1 Å². The van der Waals surface area contributed by atoms with E-state index in [4.69, 9.17) is 0 Å². The maximum absolute atomic E-state index is 12.9. The zero-order valence-electron chi connectivity index (χ0n) is 17.4. The van der Waals surface area contributed by atoms with Gasteiger partial charge in [0.05, 0.1) is 4.90 Å². The number of carbonyl (C=O) groups excluding carboxylic acids is 1. The molecule has 2 fully saturated rings. The summed E-state index contributed by atoms with van der Waals surface area (Å²) in [6, 6.07) is 4.56. The van der Waals surface area contributed by atoms with Crippen LogP contribution in [0.5, 0.6) is 5.75 Å². The van der Waals surface area contributed by atoms with E-state index in [2.05, 4.69) is 10.1 Å². The molecule has 1 amide bonds. The van der Waals surface area contributed by atoms with Crippen molar-refractivity contribution in [3.63, 3.8) is 0 Å². The first-order valence-electron chi connectivity index (χ1n) is 10.8. The number of amides is 1. The van der Waals surface area contributed by atoms with Gasteiger partial charge >= 0.3 is 6.36 Å². The van der Waals surface area contributed by atoms with Gasteiger partial charge in [0, 0.05) is 31.1 Å². The van der Waals surface area contributed by atoms with Gasteiger partial charge in [-0.25, -0.2) is 8.42 Å². The fourth-order valence-corrected chi connectivity index (χ4v) is 5.76. The Balaban J connectivity index is 1.57. The third-order valence-electron chi connectivity index (χ3n) is 5.95. The van der Waals surface area contributed by atoms with E-state index in [9.17, 15) is 26.4 Å². The van der Waals surface area contributed by atoms with Crippen LogP contribution in [0.2, 0.25) is 0 Å². The average Bonchev–Trinajstić information content (AvgIpc) is 2.69. The van der Waals surface area contributed by atoms with Crippen molar-refractivity contribution in [2.75, 3.05) is 13.1 Å². The number of alkyl halides is 3. The van der Waals surface area contributed by atoms with Crippen LogP contribution in [0, 0.1) is 5.92 Å². The molecule has 0 bridgehead atoms. The number of piperidine rings is 1. The van der Waals surface area contributed by atoms with Gasteiger partial charge in [0.25, 0.3) is 0 Å². The molecule has 174 valence electrons. The van der Waals surface area contributed by atoms with Crippen molar-refractivity contribution in [3.8, 4) is 5.75 Å². The van der Waals surface area contributed by atoms with E-state index in [-0.39, 0.29) is 35.9 Å². The molecular formula is C21H29F3N2O4S. The summed E-state index contributed by atoms with van der Waals surface area (Å²) in [5.41, 5.74) is 0. The van der Waals surface area contributed by atoms with Gasteiger partial charge in [0.2, 0.25) is 15.9 Å². The van der Waals surface area contributed by atoms with Crippen molar-refractivity contribution < 1.29 is 31.1 Å². The Bertz CT molecular complexity index is 844. The monoisotopic (exact) mass is 462 g/mol. The Morgan fingerprint density at radius 1 is 1.00 bits per heavy atom. The third-order valence-corrected chi connectivity index (χ3v) is 7.85. The molecule has 0 unspecified atom stereocenters. The number of nitrogens with one attached hydrogen (secondary N) is 1. The molecule has 1 N–H and O–H groups in total. The Kier molecular flexibility index (Phi) is 7.85. The number of halogens is 3. The Morgan fingerprint density at radius 3 is 2.23 bits per heavy atom. The maximum atomic E-state index is 12.9. The number of sulfonamides is 1. The van der Waals surface area contributed by atoms with Gasteiger partial charge in [-0.3, -0.25) is 4.79 Å². The lowest BCUT2D eigenvalue weighted by molar-refractivity contribution is -0.274. The second-order valence-corrected chi connectivity index (χ2v) is 10.2. The van der Waals surface area contributed by atoms with Gasteiger partial charge in [-0.2, -0.15) is 4.31 Å². The van der Waals surface area contributed by atoms with Crippen LogP contribution in [0.4, 0.5) is 13.2 Å². The fraction of sp³-hybridized carbons (Fsp3) is 0.667. The third kappa shape index (κ3) is 6.83. The minimum Gasteiger partial charge on any atom is -0.406 e. The van der Waals surface area contributed by atoms with E-state index in [1.54, 1.807) is 0 Å². The first kappa shape index (κ1) is 23.8. The Labute approximate surface area is 181 Å². The highest BCUT2D eigenvalue weighted by molar-refractivity contribution is 7.89. The van der Waals surface area contributed by atoms with E-state index >= 15 is 0 Å². The highest BCUT2D eigenvalue weighted by atomic mass is 32.2. The summed E-state index contributed by atoms with van der Waals surface area (Å²) in [5, 5.41) is 3.14. The molecule has 1 saturated heterocycles. The lowest BCUT2D eigenvalue weighted by Gasteiger charge is -2.32. The van der Waals surface area contributed by atoms with Crippen LogP contribution in [-0.2, 0) is 14.8 Å². The summed E-state index contributed by atoms with van der Waals surface area (Å²) in [6.45, 7) is 0.297. The van der Waals surface area contributed by atoms with Crippen molar-refractivity contribution in [2.24, 2.45) is 5.92 Å². The van der Waals surface area contributed by atoms with Gasteiger partial charge in [-0.1, -0.05) is 38.2 Å². The van der Waals surface area contributed by atoms with Gasteiger partial charge in [-0.15, -0.1) is 13.2 Å². The number of rotatable bonds is 5. The summed E-state index contributed by atoms with van der Waals surface area (Å²) in [5.74, 6) is -0.859. The fourth-order valence-electron chi connectivity index (χ4n) is 4.26. The predicted molar refractivity (Wildman–Crippen MR) is 109 cm³/mol. The number of hydrogen-bond acceptors (Lipinski definition) is 4. The molecule has 31 heavy (non-hydrogen) atoms. The SMILES string of the molecule is O=C(NC1CCCCCCC1)C1CCN(S(=O)(=O)c2cccc(OC(F)(F)F)c2)CC1.